The third kappa shape index (κ3) is 7.11. The molecule has 7 rings (SSSR count). The Morgan fingerprint density at radius 1 is 0.800 bits per heavy atom. The number of amides is 3. The van der Waals surface area contributed by atoms with Crippen LogP contribution in [0.3, 0.4) is 0 Å². The molecule has 3 aromatic rings. The van der Waals surface area contributed by atoms with Crippen LogP contribution in [-0.4, -0.2) is 77.7 Å². The number of alkyl halides is 3. The molecule has 9 nitrogen and oxygen atoms in total. The lowest BCUT2D eigenvalue weighted by molar-refractivity contribution is -0.138. The van der Waals surface area contributed by atoms with Crippen molar-refractivity contribution in [3.8, 4) is 6.07 Å². The molecule has 3 amide bonds. The van der Waals surface area contributed by atoms with Crippen molar-refractivity contribution in [2.75, 3.05) is 44.2 Å². The third-order valence-electron chi connectivity index (χ3n) is 10.6. The fraction of sp³-hybridized carbons (Fsp3) is 0.421. The normalized spacial score (nSPS) is 20.9. The molecule has 4 heterocycles. The van der Waals surface area contributed by atoms with Gasteiger partial charge < -0.3 is 9.80 Å². The first-order valence-electron chi connectivity index (χ1n) is 17.2. The van der Waals surface area contributed by atoms with Gasteiger partial charge in [0.1, 0.15) is 6.04 Å². The fourth-order valence-corrected chi connectivity index (χ4v) is 7.79. The molecule has 50 heavy (non-hydrogen) atoms. The van der Waals surface area contributed by atoms with Crippen molar-refractivity contribution in [3.63, 3.8) is 0 Å². The number of halogens is 3. The summed E-state index contributed by atoms with van der Waals surface area (Å²) in [5, 5.41) is 11.4. The summed E-state index contributed by atoms with van der Waals surface area (Å²) < 4.78 is 41.1. The van der Waals surface area contributed by atoms with E-state index in [1.54, 1.807) is 15.9 Å². The summed E-state index contributed by atoms with van der Waals surface area (Å²) in [4.78, 5) is 45.1. The monoisotopic (exact) mass is 684 g/mol. The highest BCUT2D eigenvalue weighted by atomic mass is 19.4. The number of carbonyl (C=O) groups is 3. The molecule has 4 aliphatic rings. The predicted molar refractivity (Wildman–Crippen MR) is 180 cm³/mol. The number of hydrogen-bond donors (Lipinski definition) is 1. The van der Waals surface area contributed by atoms with E-state index in [0.717, 1.165) is 50.7 Å². The highest BCUT2D eigenvalue weighted by molar-refractivity contribution is 6.05. The van der Waals surface area contributed by atoms with Crippen LogP contribution in [0.25, 0.3) is 0 Å². The number of likely N-dealkylation sites (tertiary alicyclic amines) is 1. The maximum Gasteiger partial charge on any atom is 0.418 e. The van der Waals surface area contributed by atoms with Gasteiger partial charge in [-0.25, -0.2) is 0 Å². The molecule has 12 heteroatoms. The van der Waals surface area contributed by atoms with Gasteiger partial charge in [0.05, 0.1) is 17.2 Å². The van der Waals surface area contributed by atoms with E-state index in [1.807, 2.05) is 6.07 Å². The second kappa shape index (κ2) is 13.9. The molecule has 3 fully saturated rings. The Morgan fingerprint density at radius 3 is 2.08 bits per heavy atom. The predicted octanol–water partition coefficient (Wildman–Crippen LogP) is 5.04. The molecule has 1 unspecified atom stereocenters. The number of fused-ring (bicyclic) bond motifs is 1. The van der Waals surface area contributed by atoms with Crippen LogP contribution in [-0.2, 0) is 35.4 Å². The number of hydrogen-bond acceptors (Lipinski definition) is 7. The zero-order valence-corrected chi connectivity index (χ0v) is 27.7. The lowest BCUT2D eigenvalue weighted by Gasteiger charge is -2.37. The van der Waals surface area contributed by atoms with E-state index in [9.17, 15) is 27.6 Å². The molecule has 0 aliphatic carbocycles. The average molecular weight is 685 g/mol. The van der Waals surface area contributed by atoms with Gasteiger partial charge in [0.25, 0.3) is 5.91 Å². The molecule has 4 aliphatic heterocycles. The van der Waals surface area contributed by atoms with Crippen molar-refractivity contribution in [1.82, 2.24) is 20.0 Å². The number of nitrogens with zero attached hydrogens (tertiary/aromatic N) is 5. The van der Waals surface area contributed by atoms with E-state index in [4.69, 9.17) is 5.26 Å². The molecule has 260 valence electrons. The average Bonchev–Trinajstić information content (AvgIpc) is 3.44. The lowest BCUT2D eigenvalue weighted by Crippen LogP contribution is -2.52. The summed E-state index contributed by atoms with van der Waals surface area (Å²) in [5.41, 5.74) is 4.60. The van der Waals surface area contributed by atoms with Crippen molar-refractivity contribution >= 4 is 23.4 Å². The van der Waals surface area contributed by atoms with Crippen molar-refractivity contribution in [2.24, 2.45) is 0 Å². The number of piperazine rings is 1. The Balaban J connectivity index is 0.879. The number of imide groups is 1. The van der Waals surface area contributed by atoms with E-state index in [-0.39, 0.29) is 29.5 Å². The Kier molecular flexibility index (Phi) is 9.37. The highest BCUT2D eigenvalue weighted by Gasteiger charge is 2.39. The SMILES string of the molecule is N#Cc1ccc(N2CCN(Cc3ccc(CN4CCC(c5ccc6c(c5)CN(C5CCC(=O)NC5=O)C6=O)CC4)cc3)CC2)c(C(F)(F)F)c1. The fourth-order valence-electron chi connectivity index (χ4n) is 7.79. The van der Waals surface area contributed by atoms with E-state index in [0.29, 0.717) is 50.6 Å². The molecule has 0 aromatic heterocycles. The smallest absolute Gasteiger partial charge is 0.368 e. The maximum atomic E-state index is 13.7. The number of rotatable bonds is 7. The Hall–Kier alpha value is -4.73. The van der Waals surface area contributed by atoms with Crippen molar-refractivity contribution < 1.29 is 27.6 Å². The van der Waals surface area contributed by atoms with Gasteiger partial charge in [0.15, 0.2) is 0 Å². The molecular formula is C38H39F3N6O3. The zero-order valence-electron chi connectivity index (χ0n) is 27.7. The van der Waals surface area contributed by atoms with Crippen molar-refractivity contribution in [2.45, 2.75) is 63.5 Å². The van der Waals surface area contributed by atoms with Gasteiger partial charge in [-0.1, -0.05) is 36.4 Å². The number of carbonyl (C=O) groups excluding carboxylic acids is 3. The standard InChI is InChI=1S/C38H39F3N6O3/c39-38(40,41)32-19-27(21-42)5-8-33(32)46-17-15-45(16-18-46)23-26-3-1-25(2-4-26)22-44-13-11-28(12-14-44)29-6-7-31-30(20-29)24-47(37(31)50)34-9-10-35(48)43-36(34)49/h1-8,19-20,28,34H,9-18,22-24H2,(H,43,48,49). The number of nitriles is 1. The molecular weight excluding hydrogens is 645 g/mol. The topological polar surface area (TPSA) is 100.0 Å². The molecule has 1 atom stereocenters. The van der Waals surface area contributed by atoms with Crippen LogP contribution in [0.4, 0.5) is 18.9 Å². The van der Waals surface area contributed by atoms with Crippen molar-refractivity contribution in [1.29, 1.82) is 5.26 Å². The van der Waals surface area contributed by atoms with Crippen LogP contribution in [0.2, 0.25) is 0 Å². The molecule has 3 aromatic carbocycles. The van der Waals surface area contributed by atoms with Gasteiger partial charge in [0, 0.05) is 63.5 Å². The van der Waals surface area contributed by atoms with Gasteiger partial charge in [-0.15, -0.1) is 0 Å². The van der Waals surface area contributed by atoms with E-state index in [1.165, 1.54) is 28.8 Å². The molecule has 0 saturated carbocycles. The Labute approximate surface area is 289 Å². The summed E-state index contributed by atoms with van der Waals surface area (Å²) in [6.45, 7) is 6.16. The van der Waals surface area contributed by atoms with Gasteiger partial charge in [-0.05, 0) is 84.8 Å². The van der Waals surface area contributed by atoms with Crippen LogP contribution in [0.5, 0.6) is 0 Å². The van der Waals surface area contributed by atoms with Gasteiger partial charge in [0.2, 0.25) is 11.8 Å². The molecule has 3 saturated heterocycles. The minimum Gasteiger partial charge on any atom is -0.368 e. The highest BCUT2D eigenvalue weighted by Crippen LogP contribution is 2.38. The number of anilines is 1. The Bertz CT molecular complexity index is 1820. The van der Waals surface area contributed by atoms with Crippen LogP contribution >= 0.6 is 0 Å². The van der Waals surface area contributed by atoms with Crippen LogP contribution in [0, 0.1) is 11.3 Å². The molecule has 0 spiro atoms. The maximum absolute atomic E-state index is 13.7. The second-order valence-corrected chi connectivity index (χ2v) is 13.8. The first kappa shape index (κ1) is 33.8. The zero-order chi connectivity index (χ0) is 35.0. The number of piperidine rings is 2. The number of benzene rings is 3. The van der Waals surface area contributed by atoms with Crippen LogP contribution < -0.4 is 10.2 Å². The van der Waals surface area contributed by atoms with E-state index >= 15 is 0 Å². The Morgan fingerprint density at radius 2 is 1.46 bits per heavy atom. The quantitative estimate of drug-likeness (QED) is 0.349. The van der Waals surface area contributed by atoms with Crippen LogP contribution in [0.15, 0.2) is 60.7 Å². The van der Waals surface area contributed by atoms with Gasteiger partial charge in [-0.3, -0.25) is 29.5 Å². The molecule has 0 radical (unpaired) electrons. The third-order valence-corrected chi connectivity index (χ3v) is 10.6. The summed E-state index contributed by atoms with van der Waals surface area (Å²) in [6.07, 6.45) is -1.89. The first-order chi connectivity index (χ1) is 24.1. The molecule has 0 bridgehead atoms. The van der Waals surface area contributed by atoms with E-state index in [2.05, 4.69) is 51.5 Å². The summed E-state index contributed by atoms with van der Waals surface area (Å²) >= 11 is 0. The summed E-state index contributed by atoms with van der Waals surface area (Å²) in [6, 6.07) is 19.7. The largest absolute Gasteiger partial charge is 0.418 e. The first-order valence-corrected chi connectivity index (χ1v) is 17.2. The van der Waals surface area contributed by atoms with E-state index < -0.39 is 23.7 Å². The van der Waals surface area contributed by atoms with Crippen molar-refractivity contribution in [3.05, 3.63) is 99.6 Å². The van der Waals surface area contributed by atoms with Gasteiger partial charge >= 0.3 is 6.18 Å². The minimum absolute atomic E-state index is 0.00468. The molecule has 1 N–H and O–H groups in total. The number of nitrogens with one attached hydrogen (secondary N) is 1. The summed E-state index contributed by atoms with van der Waals surface area (Å²) in [7, 11) is 0. The van der Waals surface area contributed by atoms with Gasteiger partial charge in [-0.2, -0.15) is 18.4 Å². The lowest BCUT2D eigenvalue weighted by atomic mass is 9.87. The van der Waals surface area contributed by atoms with Crippen LogP contribution in [0.1, 0.15) is 75.3 Å². The summed E-state index contributed by atoms with van der Waals surface area (Å²) in [5.74, 6) is -0.432. The second-order valence-electron chi connectivity index (χ2n) is 13.8. The minimum atomic E-state index is -4.52.